The van der Waals surface area contributed by atoms with E-state index in [4.69, 9.17) is 9.97 Å². The third kappa shape index (κ3) is 6.40. The Hall–Kier alpha value is -4.96. The Morgan fingerprint density at radius 3 is 1.94 bits per heavy atom. The van der Waals surface area contributed by atoms with Crippen LogP contribution in [0.1, 0.15) is 19.4 Å². The van der Waals surface area contributed by atoms with Gasteiger partial charge in [0.1, 0.15) is 5.01 Å². The van der Waals surface area contributed by atoms with Crippen molar-refractivity contribution in [3.05, 3.63) is 139 Å². The van der Waals surface area contributed by atoms with Gasteiger partial charge in [0.15, 0.2) is 19.7 Å². The molecule has 0 fully saturated rings. The first kappa shape index (κ1) is 33.5. The second-order valence-corrected chi connectivity index (χ2v) is 18.5. The van der Waals surface area contributed by atoms with E-state index in [0.717, 1.165) is 65.4 Å². The Bertz CT molecular complexity index is 2610. The van der Waals surface area contributed by atoms with Gasteiger partial charge in [-0.1, -0.05) is 84.9 Å². The van der Waals surface area contributed by atoms with E-state index in [9.17, 15) is 16.8 Å². The number of hydrogen-bond acceptors (Lipinski definition) is 7. The second-order valence-electron chi connectivity index (χ2n) is 12.9. The van der Waals surface area contributed by atoms with E-state index in [0.29, 0.717) is 5.56 Å². The highest BCUT2D eigenvalue weighted by molar-refractivity contribution is 7.91. The zero-order valence-electron chi connectivity index (χ0n) is 28.0. The Kier molecular flexibility index (Phi) is 8.54. The molecule has 0 aliphatic heterocycles. The zero-order valence-corrected chi connectivity index (χ0v) is 30.4. The average molecular weight is 715 g/mol. The van der Waals surface area contributed by atoms with Gasteiger partial charge in [0, 0.05) is 40.8 Å². The molecule has 0 N–H and O–H groups in total. The van der Waals surface area contributed by atoms with Crippen molar-refractivity contribution in [1.29, 1.82) is 0 Å². The minimum Gasteiger partial charge on any atom is -0.256 e. The van der Waals surface area contributed by atoms with Crippen molar-refractivity contribution in [1.82, 2.24) is 9.97 Å². The molecule has 0 radical (unpaired) electrons. The fourth-order valence-corrected chi connectivity index (χ4v) is 8.22. The molecule has 6 nitrogen and oxygen atoms in total. The number of benzene rings is 5. The summed E-state index contributed by atoms with van der Waals surface area (Å²) in [5.74, 6) is 0. The predicted octanol–water partition coefficient (Wildman–Crippen LogP) is 9.71. The standard InChI is InChI=1S/C41H34N2O4S3/c1-41(2,50(4,46)47)34-25-31-17-10-22-42-37(31)36(26-34)30-14-9-15-32(24-30)39-38(28-18-20-35(21-19-28)49(3,44)45)43-40(48-39)33-16-8-13-29(23-33)27-11-6-5-7-12-27/h5-26H,1-4H3. The molecule has 50 heavy (non-hydrogen) atoms. The minimum absolute atomic E-state index is 0.243. The van der Waals surface area contributed by atoms with Gasteiger partial charge in [0.2, 0.25) is 0 Å². The van der Waals surface area contributed by atoms with Crippen molar-refractivity contribution in [2.75, 3.05) is 12.5 Å². The van der Waals surface area contributed by atoms with Gasteiger partial charge in [-0.05, 0) is 84.1 Å². The van der Waals surface area contributed by atoms with Gasteiger partial charge >= 0.3 is 0 Å². The molecule has 0 aliphatic rings. The molecule has 0 bridgehead atoms. The number of thiazole rings is 1. The number of pyridine rings is 1. The third-order valence-corrected chi connectivity index (χ3v) is 13.5. The van der Waals surface area contributed by atoms with Gasteiger partial charge in [0.05, 0.1) is 25.7 Å². The van der Waals surface area contributed by atoms with Crippen molar-refractivity contribution in [2.24, 2.45) is 0 Å². The van der Waals surface area contributed by atoms with Gasteiger partial charge in [-0.25, -0.2) is 21.8 Å². The molecule has 0 atom stereocenters. The van der Waals surface area contributed by atoms with E-state index in [1.54, 1.807) is 55.6 Å². The molecule has 2 aromatic heterocycles. The number of rotatable bonds is 8. The van der Waals surface area contributed by atoms with E-state index in [1.807, 2.05) is 66.7 Å². The highest BCUT2D eigenvalue weighted by atomic mass is 32.2. The Balaban J connectivity index is 1.41. The SMILES string of the molecule is CC(C)(c1cc(-c2cccc(-c3sc(-c4cccc(-c5ccccc5)c4)nc3-c3ccc(S(C)(=O)=O)cc3)c2)c2ncccc2c1)S(C)(=O)=O. The smallest absolute Gasteiger partial charge is 0.175 e. The molecule has 0 unspecified atom stereocenters. The molecule has 0 saturated heterocycles. The summed E-state index contributed by atoms with van der Waals surface area (Å²) < 4.78 is 49.2. The number of hydrogen-bond donors (Lipinski definition) is 0. The van der Waals surface area contributed by atoms with E-state index >= 15 is 0 Å². The molecule has 0 spiro atoms. The molecule has 0 aliphatic carbocycles. The van der Waals surface area contributed by atoms with Crippen LogP contribution in [0.25, 0.3) is 65.4 Å². The van der Waals surface area contributed by atoms with Crippen molar-refractivity contribution in [3.63, 3.8) is 0 Å². The number of sulfone groups is 2. The second kappa shape index (κ2) is 12.7. The van der Waals surface area contributed by atoms with Gasteiger partial charge in [-0.15, -0.1) is 11.3 Å². The van der Waals surface area contributed by atoms with Crippen molar-refractivity contribution >= 4 is 41.9 Å². The summed E-state index contributed by atoms with van der Waals surface area (Å²) in [6.07, 6.45) is 4.21. The van der Waals surface area contributed by atoms with Crippen LogP contribution in [0.5, 0.6) is 0 Å². The fraction of sp³-hybridized carbons (Fsp3) is 0.122. The molecule has 0 amide bonds. The van der Waals surface area contributed by atoms with Crippen molar-refractivity contribution in [2.45, 2.75) is 23.5 Å². The zero-order chi connectivity index (χ0) is 35.3. The van der Waals surface area contributed by atoms with Crippen LogP contribution in [0.3, 0.4) is 0 Å². The Labute approximate surface area is 297 Å². The minimum atomic E-state index is -3.43. The van der Waals surface area contributed by atoms with Crippen molar-refractivity contribution < 1.29 is 16.8 Å². The van der Waals surface area contributed by atoms with Crippen molar-refractivity contribution in [3.8, 4) is 54.5 Å². The van der Waals surface area contributed by atoms with Gasteiger partial charge in [-0.3, -0.25) is 4.98 Å². The van der Waals surface area contributed by atoms with E-state index in [-0.39, 0.29) is 4.90 Å². The highest BCUT2D eigenvalue weighted by Crippen LogP contribution is 2.43. The van der Waals surface area contributed by atoms with Crippen LogP contribution in [-0.4, -0.2) is 39.3 Å². The van der Waals surface area contributed by atoms with E-state index < -0.39 is 24.4 Å². The number of nitrogens with zero attached hydrogens (tertiary/aromatic N) is 2. The first-order valence-electron chi connectivity index (χ1n) is 16.0. The largest absolute Gasteiger partial charge is 0.256 e. The van der Waals surface area contributed by atoms with Crippen LogP contribution in [-0.2, 0) is 24.4 Å². The van der Waals surface area contributed by atoms with Crippen LogP contribution >= 0.6 is 11.3 Å². The summed E-state index contributed by atoms with van der Waals surface area (Å²) in [6, 6.07) is 41.1. The summed E-state index contributed by atoms with van der Waals surface area (Å²) in [4.78, 5) is 11.0. The maximum Gasteiger partial charge on any atom is 0.175 e. The first-order chi connectivity index (χ1) is 23.8. The molecule has 7 rings (SSSR count). The maximum atomic E-state index is 12.9. The van der Waals surface area contributed by atoms with Crippen LogP contribution in [0, 0.1) is 0 Å². The topological polar surface area (TPSA) is 94.1 Å². The monoisotopic (exact) mass is 714 g/mol. The highest BCUT2D eigenvalue weighted by Gasteiger charge is 2.33. The van der Waals surface area contributed by atoms with Crippen LogP contribution in [0.4, 0.5) is 0 Å². The normalized spacial score (nSPS) is 12.3. The third-order valence-electron chi connectivity index (χ3n) is 9.16. The van der Waals surface area contributed by atoms with Gasteiger partial charge in [0.25, 0.3) is 0 Å². The number of aromatic nitrogens is 2. The predicted molar refractivity (Wildman–Crippen MR) is 206 cm³/mol. The van der Waals surface area contributed by atoms with Crippen LogP contribution in [0.15, 0.2) is 138 Å². The molecular weight excluding hydrogens is 681 g/mol. The molecule has 5 aromatic carbocycles. The quantitative estimate of drug-likeness (QED) is 0.156. The maximum absolute atomic E-state index is 12.9. The average Bonchev–Trinajstić information content (AvgIpc) is 3.57. The summed E-state index contributed by atoms with van der Waals surface area (Å²) in [5.41, 5.74) is 8.79. The lowest BCUT2D eigenvalue weighted by Gasteiger charge is -2.24. The molecule has 2 heterocycles. The summed E-state index contributed by atoms with van der Waals surface area (Å²) >= 11 is 1.57. The van der Waals surface area contributed by atoms with Crippen LogP contribution < -0.4 is 0 Å². The molecule has 250 valence electrons. The molecule has 7 aromatic rings. The summed E-state index contributed by atoms with van der Waals surface area (Å²) in [6.45, 7) is 3.46. The molecule has 0 saturated carbocycles. The summed E-state index contributed by atoms with van der Waals surface area (Å²) in [7, 11) is -6.80. The Morgan fingerprint density at radius 1 is 0.600 bits per heavy atom. The van der Waals surface area contributed by atoms with Gasteiger partial charge in [-0.2, -0.15) is 0 Å². The first-order valence-corrected chi connectivity index (χ1v) is 20.6. The lowest BCUT2D eigenvalue weighted by atomic mass is 9.92. The number of fused-ring (bicyclic) bond motifs is 1. The lowest BCUT2D eigenvalue weighted by Crippen LogP contribution is -2.28. The lowest BCUT2D eigenvalue weighted by molar-refractivity contribution is 0.561. The van der Waals surface area contributed by atoms with Gasteiger partial charge < -0.3 is 0 Å². The Morgan fingerprint density at radius 2 is 1.24 bits per heavy atom. The molecular formula is C41H34N2O4S3. The molecule has 9 heteroatoms. The van der Waals surface area contributed by atoms with E-state index in [1.165, 1.54) is 12.5 Å². The van der Waals surface area contributed by atoms with E-state index in [2.05, 4.69) is 36.4 Å². The summed E-state index contributed by atoms with van der Waals surface area (Å²) in [5, 5.41) is 1.68. The van der Waals surface area contributed by atoms with Crippen LogP contribution in [0.2, 0.25) is 0 Å². The fourth-order valence-electron chi connectivity index (χ4n) is 5.96.